The van der Waals surface area contributed by atoms with Gasteiger partial charge in [0.25, 0.3) is 0 Å². The van der Waals surface area contributed by atoms with Gasteiger partial charge in [-0.15, -0.1) is 0 Å². The third-order valence-corrected chi connectivity index (χ3v) is 5.88. The predicted molar refractivity (Wildman–Crippen MR) is 142 cm³/mol. The van der Waals surface area contributed by atoms with Gasteiger partial charge < -0.3 is 8.92 Å². The average Bonchev–Trinajstić information content (AvgIpc) is 2.80. The SMILES string of the molecule is CCCCCCCCC(/C=C/c1ccccc1C)c1ccccc1OS(=O)(=O)O.CCOCC. The molecule has 2 aromatic carbocycles. The van der Waals surface area contributed by atoms with Crippen molar-refractivity contribution in [3.63, 3.8) is 0 Å². The van der Waals surface area contributed by atoms with Gasteiger partial charge in [0.2, 0.25) is 0 Å². The standard InChI is InChI=1S/C24H32O4S.C4H10O/c1-3-4-5-6-7-8-15-22(19-18-21-14-10-9-13-20(21)2)23-16-11-12-17-24(23)28-29(25,26)27;1-3-5-4-2/h9-14,16-19,22H,3-8,15H2,1-2H3,(H,25,26,27);3-4H2,1-2H3/b19-18+;. The summed E-state index contributed by atoms with van der Waals surface area (Å²) in [6.45, 7) is 9.94. The molecule has 0 aromatic heterocycles. The zero-order chi connectivity index (χ0) is 25.2. The molecule has 0 saturated carbocycles. The molecule has 0 fully saturated rings. The fraction of sp³-hybridized carbons (Fsp3) is 0.500. The minimum atomic E-state index is -4.57. The number of para-hydroxylation sites is 1. The molecule has 0 aliphatic rings. The minimum absolute atomic E-state index is 0.00117. The topological polar surface area (TPSA) is 72.8 Å². The third-order valence-electron chi connectivity index (χ3n) is 5.49. The first kappa shape index (κ1) is 29.9. The van der Waals surface area contributed by atoms with E-state index in [1.54, 1.807) is 12.1 Å². The molecule has 0 radical (unpaired) electrons. The summed E-state index contributed by atoms with van der Waals surface area (Å²) in [4.78, 5) is 0. The van der Waals surface area contributed by atoms with Gasteiger partial charge in [0, 0.05) is 24.7 Å². The van der Waals surface area contributed by atoms with E-state index in [1.165, 1.54) is 31.2 Å². The maximum atomic E-state index is 11.3. The van der Waals surface area contributed by atoms with Crippen molar-refractivity contribution in [1.82, 2.24) is 0 Å². The molecule has 0 bridgehead atoms. The molecule has 0 heterocycles. The molecule has 34 heavy (non-hydrogen) atoms. The Kier molecular flexibility index (Phi) is 15.2. The number of hydrogen-bond donors (Lipinski definition) is 1. The molecule has 5 nitrogen and oxygen atoms in total. The number of ether oxygens (including phenoxy) is 1. The molecule has 190 valence electrons. The van der Waals surface area contributed by atoms with Gasteiger partial charge in [-0.1, -0.05) is 100 Å². The van der Waals surface area contributed by atoms with Crippen molar-refractivity contribution in [1.29, 1.82) is 0 Å². The van der Waals surface area contributed by atoms with Gasteiger partial charge in [0.15, 0.2) is 0 Å². The van der Waals surface area contributed by atoms with Gasteiger partial charge >= 0.3 is 10.4 Å². The van der Waals surface area contributed by atoms with Crippen molar-refractivity contribution in [2.75, 3.05) is 13.2 Å². The highest BCUT2D eigenvalue weighted by Gasteiger charge is 2.17. The maximum absolute atomic E-state index is 11.3. The number of aryl methyl sites for hydroxylation is 1. The lowest BCUT2D eigenvalue weighted by Gasteiger charge is -2.17. The van der Waals surface area contributed by atoms with Gasteiger partial charge in [0.1, 0.15) is 5.75 Å². The van der Waals surface area contributed by atoms with Crippen LogP contribution in [-0.2, 0) is 15.1 Å². The normalized spacial score (nSPS) is 12.3. The molecule has 0 spiro atoms. The Bertz CT molecular complexity index is 935. The zero-order valence-corrected chi connectivity index (χ0v) is 22.0. The van der Waals surface area contributed by atoms with E-state index >= 15 is 0 Å². The van der Waals surface area contributed by atoms with Crippen LogP contribution in [0.3, 0.4) is 0 Å². The van der Waals surface area contributed by atoms with E-state index < -0.39 is 10.4 Å². The summed E-state index contributed by atoms with van der Waals surface area (Å²) < 4.78 is 41.4. The Morgan fingerprint density at radius 1 is 0.882 bits per heavy atom. The molecule has 6 heteroatoms. The van der Waals surface area contributed by atoms with Crippen molar-refractivity contribution in [3.8, 4) is 5.75 Å². The van der Waals surface area contributed by atoms with Crippen molar-refractivity contribution < 1.29 is 21.9 Å². The number of unbranched alkanes of at least 4 members (excludes halogenated alkanes) is 5. The molecule has 2 aromatic rings. The minimum Gasteiger partial charge on any atom is -0.382 e. The Morgan fingerprint density at radius 3 is 2.12 bits per heavy atom. The number of rotatable bonds is 14. The van der Waals surface area contributed by atoms with E-state index in [1.807, 2.05) is 38.1 Å². The van der Waals surface area contributed by atoms with Crippen molar-refractivity contribution >= 4 is 16.5 Å². The van der Waals surface area contributed by atoms with Crippen LogP contribution >= 0.6 is 0 Å². The van der Waals surface area contributed by atoms with Crippen LogP contribution in [0, 0.1) is 6.92 Å². The summed E-state index contributed by atoms with van der Waals surface area (Å²) in [7, 11) is -4.57. The molecule has 0 aliphatic heterocycles. The molecule has 2 rings (SSSR count). The monoisotopic (exact) mass is 490 g/mol. The van der Waals surface area contributed by atoms with Crippen LogP contribution in [0.2, 0.25) is 0 Å². The average molecular weight is 491 g/mol. The highest BCUT2D eigenvalue weighted by molar-refractivity contribution is 7.81. The second kappa shape index (κ2) is 17.3. The summed E-state index contributed by atoms with van der Waals surface area (Å²) in [6, 6.07) is 15.2. The molecule has 0 saturated heterocycles. The molecule has 0 amide bonds. The Balaban J connectivity index is 0.00000104. The van der Waals surface area contributed by atoms with Gasteiger partial charge in [0.05, 0.1) is 0 Å². The lowest BCUT2D eigenvalue weighted by molar-refractivity contribution is 0.162. The number of allylic oxidation sites excluding steroid dienone is 1. The summed E-state index contributed by atoms with van der Waals surface area (Å²) >= 11 is 0. The second-order valence-electron chi connectivity index (χ2n) is 8.21. The van der Waals surface area contributed by atoms with E-state index in [2.05, 4.69) is 38.1 Å². The lowest BCUT2D eigenvalue weighted by atomic mass is 9.91. The fourth-order valence-electron chi connectivity index (χ4n) is 3.67. The first-order valence-corrected chi connectivity index (χ1v) is 13.8. The lowest BCUT2D eigenvalue weighted by Crippen LogP contribution is -2.09. The Hall–Kier alpha value is -2.15. The van der Waals surface area contributed by atoms with Gasteiger partial charge in [-0.05, 0) is 44.4 Å². The summed E-state index contributed by atoms with van der Waals surface area (Å²) in [5, 5.41) is 0. The van der Waals surface area contributed by atoms with Gasteiger partial charge in [-0.3, -0.25) is 4.55 Å². The van der Waals surface area contributed by atoms with E-state index in [-0.39, 0.29) is 11.7 Å². The Morgan fingerprint density at radius 2 is 1.50 bits per heavy atom. The van der Waals surface area contributed by atoms with Crippen LogP contribution < -0.4 is 4.18 Å². The predicted octanol–water partition coefficient (Wildman–Crippen LogP) is 7.77. The largest absolute Gasteiger partial charge is 0.446 e. The Labute approximate surface area is 207 Å². The number of hydrogen-bond acceptors (Lipinski definition) is 4. The van der Waals surface area contributed by atoms with Crippen LogP contribution in [0.4, 0.5) is 0 Å². The highest BCUT2D eigenvalue weighted by atomic mass is 32.3. The summed E-state index contributed by atoms with van der Waals surface area (Å²) in [6.07, 6.45) is 12.2. The van der Waals surface area contributed by atoms with Crippen LogP contribution in [0.25, 0.3) is 6.08 Å². The van der Waals surface area contributed by atoms with E-state index in [9.17, 15) is 8.42 Å². The molecule has 1 N–H and O–H groups in total. The molecular formula is C28H42O5S. The van der Waals surface area contributed by atoms with Crippen molar-refractivity contribution in [2.45, 2.75) is 78.6 Å². The van der Waals surface area contributed by atoms with Crippen LogP contribution in [0.5, 0.6) is 5.75 Å². The van der Waals surface area contributed by atoms with Gasteiger partial charge in [-0.25, -0.2) is 0 Å². The third kappa shape index (κ3) is 12.9. The van der Waals surface area contributed by atoms with E-state index in [0.717, 1.165) is 43.6 Å². The van der Waals surface area contributed by atoms with Crippen molar-refractivity contribution in [3.05, 3.63) is 71.3 Å². The molecule has 1 unspecified atom stereocenters. The zero-order valence-electron chi connectivity index (χ0n) is 21.2. The summed E-state index contributed by atoms with van der Waals surface area (Å²) in [5.41, 5.74) is 3.08. The quantitative estimate of drug-likeness (QED) is 0.216. The van der Waals surface area contributed by atoms with Crippen LogP contribution in [0.15, 0.2) is 54.6 Å². The first-order chi connectivity index (χ1) is 16.3. The van der Waals surface area contributed by atoms with E-state index in [4.69, 9.17) is 13.5 Å². The maximum Gasteiger partial charge on any atom is 0.446 e. The number of benzene rings is 2. The fourth-order valence-corrected chi connectivity index (χ4v) is 4.05. The molecule has 0 aliphatic carbocycles. The smallest absolute Gasteiger partial charge is 0.382 e. The van der Waals surface area contributed by atoms with Gasteiger partial charge in [-0.2, -0.15) is 8.42 Å². The van der Waals surface area contributed by atoms with Crippen molar-refractivity contribution in [2.24, 2.45) is 0 Å². The summed E-state index contributed by atoms with van der Waals surface area (Å²) in [5.74, 6) is 0.180. The molecular weight excluding hydrogens is 448 g/mol. The van der Waals surface area contributed by atoms with E-state index in [0.29, 0.717) is 0 Å². The molecule has 1 atom stereocenters. The highest BCUT2D eigenvalue weighted by Crippen LogP contribution is 2.33. The van der Waals surface area contributed by atoms with Crippen LogP contribution in [-0.4, -0.2) is 26.2 Å². The first-order valence-electron chi connectivity index (χ1n) is 12.4. The second-order valence-corrected chi connectivity index (χ2v) is 9.23. The van der Waals surface area contributed by atoms with Crippen LogP contribution in [0.1, 0.15) is 88.3 Å².